The average molecular weight is 221 g/mol. The van der Waals surface area contributed by atoms with Crippen molar-refractivity contribution in [3.05, 3.63) is 29.3 Å². The van der Waals surface area contributed by atoms with Crippen molar-refractivity contribution in [1.29, 1.82) is 0 Å². The zero-order valence-electron chi connectivity index (χ0n) is 8.56. The zero-order valence-corrected chi connectivity index (χ0v) is 9.38. The average Bonchev–Trinajstić information content (AvgIpc) is 2.86. The van der Waals surface area contributed by atoms with Gasteiger partial charge in [-0.15, -0.1) is 11.3 Å². The zero-order chi connectivity index (χ0) is 10.8. The van der Waals surface area contributed by atoms with Crippen molar-refractivity contribution in [1.82, 2.24) is 5.16 Å². The summed E-state index contributed by atoms with van der Waals surface area (Å²) in [6.07, 6.45) is 0. The second-order valence-corrected chi connectivity index (χ2v) is 4.52. The number of nitrogens with zero attached hydrogens (tertiary/aromatic N) is 1. The van der Waals surface area contributed by atoms with Gasteiger partial charge >= 0.3 is 0 Å². The van der Waals surface area contributed by atoms with Gasteiger partial charge in [-0.05, 0) is 11.4 Å². The van der Waals surface area contributed by atoms with Crippen LogP contribution in [0, 0.1) is 5.92 Å². The van der Waals surface area contributed by atoms with E-state index in [1.807, 2.05) is 31.4 Å². The molecular formula is C11H11NO2S. The molecule has 4 heteroatoms. The van der Waals surface area contributed by atoms with E-state index in [0.717, 1.165) is 4.88 Å². The van der Waals surface area contributed by atoms with E-state index in [4.69, 9.17) is 4.52 Å². The molecule has 0 aromatic carbocycles. The maximum atomic E-state index is 11.6. The van der Waals surface area contributed by atoms with Gasteiger partial charge in [-0.3, -0.25) is 4.79 Å². The standard InChI is InChI=1S/C11H11NO2S/c1-7(2)11(13)8-6-9(14-12-8)10-4-3-5-15-10/h3-7H,1-2H3. The Morgan fingerprint density at radius 3 is 2.93 bits per heavy atom. The van der Waals surface area contributed by atoms with E-state index in [-0.39, 0.29) is 11.7 Å². The fraction of sp³-hybridized carbons (Fsp3) is 0.273. The monoisotopic (exact) mass is 221 g/mol. The smallest absolute Gasteiger partial charge is 0.187 e. The first kappa shape index (κ1) is 10.1. The van der Waals surface area contributed by atoms with E-state index >= 15 is 0 Å². The Hall–Kier alpha value is -1.42. The number of aromatic nitrogens is 1. The van der Waals surface area contributed by atoms with Crippen molar-refractivity contribution in [3.63, 3.8) is 0 Å². The SMILES string of the molecule is CC(C)C(=O)c1cc(-c2cccs2)on1. The fourth-order valence-corrected chi connectivity index (χ4v) is 1.90. The lowest BCUT2D eigenvalue weighted by Gasteiger charge is -1.96. The summed E-state index contributed by atoms with van der Waals surface area (Å²) < 4.78 is 5.12. The Balaban J connectivity index is 2.29. The van der Waals surface area contributed by atoms with Crippen LogP contribution in [0.25, 0.3) is 10.6 Å². The molecule has 0 N–H and O–H groups in total. The number of hydrogen-bond acceptors (Lipinski definition) is 4. The van der Waals surface area contributed by atoms with Gasteiger partial charge in [0.15, 0.2) is 11.5 Å². The highest BCUT2D eigenvalue weighted by Crippen LogP contribution is 2.25. The van der Waals surface area contributed by atoms with Crippen LogP contribution in [0.15, 0.2) is 28.1 Å². The number of rotatable bonds is 3. The lowest BCUT2D eigenvalue weighted by molar-refractivity contribution is 0.0930. The molecule has 0 saturated carbocycles. The van der Waals surface area contributed by atoms with Crippen LogP contribution in [0.3, 0.4) is 0 Å². The van der Waals surface area contributed by atoms with Crippen molar-refractivity contribution in [3.8, 4) is 10.6 Å². The highest BCUT2D eigenvalue weighted by atomic mass is 32.1. The molecule has 0 amide bonds. The predicted octanol–water partition coefficient (Wildman–Crippen LogP) is 3.24. The first-order valence-corrected chi connectivity index (χ1v) is 5.61. The van der Waals surface area contributed by atoms with Gasteiger partial charge in [0.2, 0.25) is 0 Å². The molecule has 78 valence electrons. The Morgan fingerprint density at radius 1 is 1.53 bits per heavy atom. The third kappa shape index (κ3) is 1.99. The van der Waals surface area contributed by atoms with Crippen LogP contribution in [0.4, 0.5) is 0 Å². The molecule has 0 unspecified atom stereocenters. The van der Waals surface area contributed by atoms with Crippen molar-refractivity contribution in [2.75, 3.05) is 0 Å². The van der Waals surface area contributed by atoms with Gasteiger partial charge in [0.25, 0.3) is 0 Å². The summed E-state index contributed by atoms with van der Waals surface area (Å²) in [5.74, 6) is 0.627. The Labute approximate surface area is 91.7 Å². The highest BCUT2D eigenvalue weighted by molar-refractivity contribution is 7.13. The Morgan fingerprint density at radius 2 is 2.33 bits per heavy atom. The molecule has 2 aromatic rings. The molecule has 2 aromatic heterocycles. The van der Waals surface area contributed by atoms with E-state index in [1.165, 1.54) is 0 Å². The van der Waals surface area contributed by atoms with Gasteiger partial charge in [0.1, 0.15) is 5.69 Å². The first-order valence-electron chi connectivity index (χ1n) is 4.73. The van der Waals surface area contributed by atoms with Gasteiger partial charge in [-0.1, -0.05) is 25.1 Å². The minimum absolute atomic E-state index is 0.0153. The minimum atomic E-state index is -0.0497. The van der Waals surface area contributed by atoms with Crippen molar-refractivity contribution in [2.45, 2.75) is 13.8 Å². The van der Waals surface area contributed by atoms with Gasteiger partial charge in [-0.25, -0.2) is 0 Å². The van der Waals surface area contributed by atoms with E-state index in [0.29, 0.717) is 11.5 Å². The number of carbonyl (C=O) groups excluding carboxylic acids is 1. The normalized spacial score (nSPS) is 10.9. The highest BCUT2D eigenvalue weighted by Gasteiger charge is 2.16. The Kier molecular flexibility index (Phi) is 2.68. The second-order valence-electron chi connectivity index (χ2n) is 3.57. The lowest BCUT2D eigenvalue weighted by atomic mass is 10.1. The molecule has 0 radical (unpaired) electrons. The van der Waals surface area contributed by atoms with Crippen molar-refractivity contribution in [2.24, 2.45) is 5.92 Å². The molecule has 2 rings (SSSR count). The van der Waals surface area contributed by atoms with E-state index in [9.17, 15) is 4.79 Å². The van der Waals surface area contributed by atoms with Crippen LogP contribution in [-0.4, -0.2) is 10.9 Å². The molecule has 2 heterocycles. The summed E-state index contributed by atoms with van der Waals surface area (Å²) >= 11 is 1.56. The van der Waals surface area contributed by atoms with Crippen LogP contribution >= 0.6 is 11.3 Å². The minimum Gasteiger partial charge on any atom is -0.355 e. The van der Waals surface area contributed by atoms with Crippen LogP contribution in [0.5, 0.6) is 0 Å². The number of ketones is 1. The molecule has 0 atom stereocenters. The van der Waals surface area contributed by atoms with Crippen molar-refractivity contribution >= 4 is 17.1 Å². The quantitative estimate of drug-likeness (QED) is 0.747. The lowest BCUT2D eigenvalue weighted by Crippen LogP contribution is -2.07. The fourth-order valence-electron chi connectivity index (χ4n) is 1.22. The predicted molar refractivity (Wildman–Crippen MR) is 59.0 cm³/mol. The molecular weight excluding hydrogens is 210 g/mol. The molecule has 0 spiro atoms. The summed E-state index contributed by atoms with van der Waals surface area (Å²) in [4.78, 5) is 12.6. The second kappa shape index (κ2) is 3.98. The van der Waals surface area contributed by atoms with Gasteiger partial charge in [0, 0.05) is 12.0 Å². The van der Waals surface area contributed by atoms with Gasteiger partial charge in [0.05, 0.1) is 4.88 Å². The number of carbonyl (C=O) groups is 1. The summed E-state index contributed by atoms with van der Waals surface area (Å²) in [7, 11) is 0. The third-order valence-corrected chi connectivity index (χ3v) is 2.94. The summed E-state index contributed by atoms with van der Waals surface area (Å²) in [6, 6.07) is 5.58. The largest absolute Gasteiger partial charge is 0.355 e. The van der Waals surface area contributed by atoms with Gasteiger partial charge in [-0.2, -0.15) is 0 Å². The molecule has 3 nitrogen and oxygen atoms in total. The van der Waals surface area contributed by atoms with Crippen LogP contribution in [0.1, 0.15) is 24.3 Å². The molecule has 0 fully saturated rings. The molecule has 0 bridgehead atoms. The molecule has 0 aliphatic carbocycles. The maximum Gasteiger partial charge on any atom is 0.187 e. The molecule has 15 heavy (non-hydrogen) atoms. The van der Waals surface area contributed by atoms with E-state index < -0.39 is 0 Å². The van der Waals surface area contributed by atoms with Crippen LogP contribution in [0.2, 0.25) is 0 Å². The van der Waals surface area contributed by atoms with E-state index in [1.54, 1.807) is 17.4 Å². The molecule has 0 aliphatic heterocycles. The number of Topliss-reactive ketones (excluding diaryl/α,β-unsaturated/α-hetero) is 1. The first-order chi connectivity index (χ1) is 7.18. The third-order valence-electron chi connectivity index (χ3n) is 2.05. The van der Waals surface area contributed by atoms with Crippen LogP contribution in [-0.2, 0) is 0 Å². The maximum absolute atomic E-state index is 11.6. The van der Waals surface area contributed by atoms with Gasteiger partial charge < -0.3 is 4.52 Å². The molecule has 0 aliphatic rings. The van der Waals surface area contributed by atoms with Crippen LogP contribution < -0.4 is 0 Å². The summed E-state index contributed by atoms with van der Waals surface area (Å²) in [5.41, 5.74) is 0.411. The molecule has 0 saturated heterocycles. The number of thiophene rings is 1. The topological polar surface area (TPSA) is 43.1 Å². The Bertz CT molecular complexity index is 457. The van der Waals surface area contributed by atoms with Crippen molar-refractivity contribution < 1.29 is 9.32 Å². The summed E-state index contributed by atoms with van der Waals surface area (Å²) in [5, 5.41) is 5.74. The number of hydrogen-bond donors (Lipinski definition) is 0. The van der Waals surface area contributed by atoms with E-state index in [2.05, 4.69) is 5.16 Å². The summed E-state index contributed by atoms with van der Waals surface area (Å²) in [6.45, 7) is 3.70.